The largest absolute Gasteiger partial charge is 0.321 e. The summed E-state index contributed by atoms with van der Waals surface area (Å²) in [5.41, 5.74) is 3.24. The van der Waals surface area contributed by atoms with Crippen LogP contribution in [0.4, 0.5) is 10.1 Å². The molecule has 1 aromatic heterocycles. The number of amides is 1. The molecule has 0 fully saturated rings. The van der Waals surface area contributed by atoms with Crippen LogP contribution in [-0.2, 0) is 0 Å². The molecule has 138 valence electrons. The fourth-order valence-corrected chi connectivity index (χ4v) is 4.29. The third-order valence-electron chi connectivity index (χ3n) is 4.18. The van der Waals surface area contributed by atoms with Crippen LogP contribution < -0.4 is 5.32 Å². The lowest BCUT2D eigenvalue weighted by molar-refractivity contribution is 0.102. The summed E-state index contributed by atoms with van der Waals surface area (Å²) < 4.78 is 15.0. The molecule has 0 radical (unpaired) electrons. The van der Waals surface area contributed by atoms with E-state index in [1.54, 1.807) is 24.3 Å². The molecule has 3 nitrogen and oxygen atoms in total. The fraction of sp³-hybridized carbons (Fsp3) is 0. The van der Waals surface area contributed by atoms with Crippen molar-refractivity contribution in [3.05, 3.63) is 93.1 Å². The summed E-state index contributed by atoms with van der Waals surface area (Å²) in [6, 6.07) is 21.5. The quantitative estimate of drug-likeness (QED) is 0.327. The minimum Gasteiger partial charge on any atom is -0.321 e. The van der Waals surface area contributed by atoms with Crippen molar-refractivity contribution < 1.29 is 9.18 Å². The molecule has 0 aliphatic rings. The van der Waals surface area contributed by atoms with E-state index in [-0.39, 0.29) is 11.7 Å². The van der Waals surface area contributed by atoms with Crippen LogP contribution in [-0.4, -0.2) is 10.9 Å². The first-order chi connectivity index (χ1) is 13.6. The van der Waals surface area contributed by atoms with Crippen LogP contribution in [0, 0.1) is 9.39 Å². The number of hydrogen-bond acceptors (Lipinski definition) is 3. The Morgan fingerprint density at radius 1 is 0.929 bits per heavy atom. The highest BCUT2D eigenvalue weighted by Crippen LogP contribution is 2.33. The number of nitrogens with one attached hydrogen (secondary N) is 1. The zero-order chi connectivity index (χ0) is 19.5. The molecule has 0 spiro atoms. The molecule has 1 amide bonds. The molecule has 3 aromatic carbocycles. The second-order valence-corrected chi connectivity index (χ2v) is 8.02. The number of carbonyl (C=O) groups excluding carboxylic acids is 1. The summed E-state index contributed by atoms with van der Waals surface area (Å²) >= 11 is 3.52. The Hall–Kier alpha value is -2.58. The van der Waals surface area contributed by atoms with Crippen molar-refractivity contribution in [2.24, 2.45) is 0 Å². The Bertz CT molecular complexity index is 1160. The maximum Gasteiger partial charge on any atom is 0.256 e. The topological polar surface area (TPSA) is 42.0 Å². The molecule has 4 aromatic rings. The van der Waals surface area contributed by atoms with E-state index in [0.717, 1.165) is 9.13 Å². The molecule has 6 heteroatoms. The average molecular weight is 500 g/mol. The molecule has 28 heavy (non-hydrogen) atoms. The molecular formula is C22H14FIN2OS. The van der Waals surface area contributed by atoms with Gasteiger partial charge in [-0.2, -0.15) is 0 Å². The average Bonchev–Trinajstić information content (AvgIpc) is 3.19. The van der Waals surface area contributed by atoms with Gasteiger partial charge in [-0.15, -0.1) is 11.3 Å². The fourth-order valence-electron chi connectivity index (χ4n) is 2.81. The second-order valence-electron chi connectivity index (χ2n) is 6.00. The van der Waals surface area contributed by atoms with Gasteiger partial charge in [-0.05, 0) is 52.9 Å². The lowest BCUT2D eigenvalue weighted by Crippen LogP contribution is -2.14. The monoisotopic (exact) mass is 500 g/mol. The van der Waals surface area contributed by atoms with Crippen LogP contribution in [0.3, 0.4) is 0 Å². The van der Waals surface area contributed by atoms with Crippen LogP contribution in [0.1, 0.15) is 10.4 Å². The summed E-state index contributed by atoms with van der Waals surface area (Å²) in [6.07, 6.45) is 0. The van der Waals surface area contributed by atoms with Crippen LogP contribution >= 0.6 is 33.9 Å². The van der Waals surface area contributed by atoms with Gasteiger partial charge in [0, 0.05) is 20.1 Å². The molecule has 0 saturated heterocycles. The lowest BCUT2D eigenvalue weighted by atomic mass is 10.1. The number of carbonyl (C=O) groups is 1. The first-order valence-electron chi connectivity index (χ1n) is 8.49. The first-order valence-corrected chi connectivity index (χ1v) is 10.4. The van der Waals surface area contributed by atoms with Gasteiger partial charge in [0.15, 0.2) is 0 Å². The van der Waals surface area contributed by atoms with Gasteiger partial charge in [-0.25, -0.2) is 9.37 Å². The normalized spacial score (nSPS) is 10.6. The molecule has 0 aliphatic carbocycles. The second kappa shape index (κ2) is 8.20. The van der Waals surface area contributed by atoms with Crippen LogP contribution in [0.2, 0.25) is 0 Å². The summed E-state index contributed by atoms with van der Waals surface area (Å²) in [5.74, 6) is -0.481. The Kier molecular flexibility index (Phi) is 5.50. The van der Waals surface area contributed by atoms with Crippen molar-refractivity contribution >= 4 is 45.5 Å². The number of hydrogen-bond donors (Lipinski definition) is 1. The maximum atomic E-state index is 14.1. The third kappa shape index (κ3) is 3.83. The molecule has 1 heterocycles. The van der Waals surface area contributed by atoms with Gasteiger partial charge in [0.2, 0.25) is 0 Å². The van der Waals surface area contributed by atoms with E-state index < -0.39 is 0 Å². The van der Waals surface area contributed by atoms with Crippen molar-refractivity contribution in [1.82, 2.24) is 4.98 Å². The Balaban J connectivity index is 1.67. The minimum atomic E-state index is -0.302. The van der Waals surface area contributed by atoms with Crippen molar-refractivity contribution in [3.8, 4) is 21.8 Å². The Labute approximate surface area is 179 Å². The summed E-state index contributed by atoms with van der Waals surface area (Å²) in [6.45, 7) is 0. The predicted molar refractivity (Wildman–Crippen MR) is 120 cm³/mol. The number of aromatic nitrogens is 1. The van der Waals surface area contributed by atoms with Crippen LogP contribution in [0.5, 0.6) is 0 Å². The predicted octanol–water partition coefficient (Wildman–Crippen LogP) is 6.47. The Morgan fingerprint density at radius 3 is 2.39 bits per heavy atom. The van der Waals surface area contributed by atoms with Crippen molar-refractivity contribution in [3.63, 3.8) is 0 Å². The highest BCUT2D eigenvalue weighted by atomic mass is 127. The number of para-hydroxylation sites is 1. The smallest absolute Gasteiger partial charge is 0.256 e. The van der Waals surface area contributed by atoms with E-state index in [4.69, 9.17) is 0 Å². The van der Waals surface area contributed by atoms with Gasteiger partial charge in [-0.1, -0.05) is 42.5 Å². The zero-order valence-electron chi connectivity index (χ0n) is 14.5. The van der Waals surface area contributed by atoms with Crippen LogP contribution in [0.15, 0.2) is 78.2 Å². The highest BCUT2D eigenvalue weighted by molar-refractivity contribution is 14.1. The molecule has 1 N–H and O–H groups in total. The van der Waals surface area contributed by atoms with Gasteiger partial charge >= 0.3 is 0 Å². The summed E-state index contributed by atoms with van der Waals surface area (Å²) in [7, 11) is 0. The number of rotatable bonds is 4. The number of anilines is 1. The van der Waals surface area contributed by atoms with Gasteiger partial charge in [-0.3, -0.25) is 4.79 Å². The van der Waals surface area contributed by atoms with E-state index >= 15 is 0 Å². The van der Waals surface area contributed by atoms with Gasteiger partial charge in [0.1, 0.15) is 10.8 Å². The minimum absolute atomic E-state index is 0.179. The van der Waals surface area contributed by atoms with E-state index in [1.165, 1.54) is 17.4 Å². The van der Waals surface area contributed by atoms with Crippen LogP contribution in [0.25, 0.3) is 21.8 Å². The molecule has 0 unspecified atom stereocenters. The SMILES string of the molecule is O=C(Nc1ccccc1-c1csc(-c2ccccc2F)n1)c1ccccc1I. The maximum absolute atomic E-state index is 14.1. The summed E-state index contributed by atoms with van der Waals surface area (Å²) in [5, 5.41) is 5.45. The molecular weight excluding hydrogens is 486 g/mol. The standard InChI is InChI=1S/C22H14FIN2OS/c23-17-10-4-1-7-14(17)22-26-20(13-28-22)16-9-3-6-12-19(16)25-21(27)15-8-2-5-11-18(15)24/h1-13H,(H,25,27). The van der Waals surface area contributed by atoms with Crippen molar-refractivity contribution in [2.75, 3.05) is 5.32 Å². The molecule has 0 atom stereocenters. The van der Waals surface area contributed by atoms with E-state index in [2.05, 4.69) is 32.9 Å². The zero-order valence-corrected chi connectivity index (χ0v) is 17.5. The van der Waals surface area contributed by atoms with Gasteiger partial charge < -0.3 is 5.32 Å². The van der Waals surface area contributed by atoms with E-state index in [0.29, 0.717) is 27.5 Å². The summed E-state index contributed by atoms with van der Waals surface area (Å²) in [4.78, 5) is 17.3. The van der Waals surface area contributed by atoms with E-state index in [1.807, 2.05) is 47.8 Å². The Morgan fingerprint density at radius 2 is 1.61 bits per heavy atom. The van der Waals surface area contributed by atoms with Crippen molar-refractivity contribution in [2.45, 2.75) is 0 Å². The number of benzene rings is 3. The first kappa shape index (κ1) is 18.8. The van der Waals surface area contributed by atoms with Crippen molar-refractivity contribution in [1.29, 1.82) is 0 Å². The third-order valence-corrected chi connectivity index (χ3v) is 5.99. The molecule has 0 bridgehead atoms. The molecule has 0 aliphatic heterocycles. The number of halogens is 2. The van der Waals surface area contributed by atoms with E-state index in [9.17, 15) is 9.18 Å². The number of nitrogens with zero attached hydrogens (tertiary/aromatic N) is 1. The number of thiazole rings is 1. The molecule has 4 rings (SSSR count). The molecule has 0 saturated carbocycles. The van der Waals surface area contributed by atoms with Gasteiger partial charge in [0.25, 0.3) is 5.91 Å². The lowest BCUT2D eigenvalue weighted by Gasteiger charge is -2.10. The highest BCUT2D eigenvalue weighted by Gasteiger charge is 2.15. The van der Waals surface area contributed by atoms with Gasteiger partial charge in [0.05, 0.1) is 16.9 Å².